The molecule has 1 amide bonds. The minimum Gasteiger partial charge on any atom is -0.354 e. The van der Waals surface area contributed by atoms with Crippen LogP contribution >= 0.6 is 12.4 Å². The van der Waals surface area contributed by atoms with Crippen molar-refractivity contribution in [1.29, 1.82) is 0 Å². The van der Waals surface area contributed by atoms with Gasteiger partial charge in [-0.25, -0.2) is 0 Å². The lowest BCUT2D eigenvalue weighted by Gasteiger charge is -2.32. The van der Waals surface area contributed by atoms with Gasteiger partial charge in [-0.2, -0.15) is 5.10 Å². The highest BCUT2D eigenvalue weighted by atomic mass is 35.5. The second kappa shape index (κ2) is 7.64. The summed E-state index contributed by atoms with van der Waals surface area (Å²) in [5.41, 5.74) is 5.56. The fourth-order valence-electron chi connectivity index (χ4n) is 2.65. The number of nitrogens with one attached hydrogen (secondary N) is 1. The van der Waals surface area contributed by atoms with Crippen molar-refractivity contribution in [3.8, 4) is 0 Å². The van der Waals surface area contributed by atoms with Crippen LogP contribution in [-0.4, -0.2) is 27.8 Å². The Hall–Kier alpha value is -1.07. The van der Waals surface area contributed by atoms with E-state index >= 15 is 0 Å². The number of hydrogen-bond acceptors (Lipinski definition) is 3. The van der Waals surface area contributed by atoms with Crippen LogP contribution in [0, 0.1) is 5.92 Å². The van der Waals surface area contributed by atoms with E-state index in [2.05, 4.69) is 17.3 Å². The molecule has 0 radical (unpaired) electrons. The Morgan fingerprint density at radius 3 is 2.75 bits per heavy atom. The number of carbonyl (C=O) groups excluding carboxylic acids is 1. The number of rotatable bonds is 5. The van der Waals surface area contributed by atoms with Gasteiger partial charge in [-0.3, -0.25) is 9.48 Å². The number of hydrogen-bond donors (Lipinski definition) is 2. The molecule has 0 aromatic carbocycles. The molecule has 1 aromatic rings. The van der Waals surface area contributed by atoms with Gasteiger partial charge >= 0.3 is 0 Å². The van der Waals surface area contributed by atoms with Crippen molar-refractivity contribution in [2.24, 2.45) is 11.7 Å². The molecule has 1 aliphatic carbocycles. The van der Waals surface area contributed by atoms with Crippen LogP contribution in [0.15, 0.2) is 18.5 Å². The van der Waals surface area contributed by atoms with Crippen LogP contribution in [0.4, 0.5) is 0 Å². The summed E-state index contributed by atoms with van der Waals surface area (Å²) >= 11 is 0. The lowest BCUT2D eigenvalue weighted by molar-refractivity contribution is -0.127. The van der Waals surface area contributed by atoms with Crippen LogP contribution in [0.25, 0.3) is 0 Å². The van der Waals surface area contributed by atoms with E-state index in [-0.39, 0.29) is 18.3 Å². The first kappa shape index (κ1) is 17.0. The largest absolute Gasteiger partial charge is 0.354 e. The fourth-order valence-corrected chi connectivity index (χ4v) is 2.65. The van der Waals surface area contributed by atoms with E-state index in [0.29, 0.717) is 12.5 Å². The van der Waals surface area contributed by atoms with E-state index in [0.717, 1.165) is 32.2 Å². The summed E-state index contributed by atoms with van der Waals surface area (Å²) in [4.78, 5) is 12.2. The Bertz CT molecular complexity index is 401. The first-order valence-electron chi connectivity index (χ1n) is 7.15. The Balaban J connectivity index is 0.00000200. The Labute approximate surface area is 126 Å². The highest BCUT2D eigenvalue weighted by Crippen LogP contribution is 2.25. The number of carbonyl (C=O) groups is 1. The standard InChI is InChI=1S/C14H24N4O.ClH/c1-12(11-18-9-5-8-17-18)10-16-13(19)14(15)6-3-2-4-7-14;/h5,8-9,12H,2-4,6-7,10-11,15H2,1H3,(H,16,19);1H. The molecule has 6 heteroatoms. The average molecular weight is 301 g/mol. The summed E-state index contributed by atoms with van der Waals surface area (Å²) in [6.45, 7) is 3.56. The van der Waals surface area contributed by atoms with E-state index < -0.39 is 5.54 Å². The molecule has 1 fully saturated rings. The van der Waals surface area contributed by atoms with Gasteiger partial charge < -0.3 is 11.1 Å². The summed E-state index contributed by atoms with van der Waals surface area (Å²) in [7, 11) is 0. The Kier molecular flexibility index (Phi) is 6.49. The molecule has 3 N–H and O–H groups in total. The number of nitrogens with two attached hydrogens (primary N) is 1. The third-order valence-corrected chi connectivity index (χ3v) is 3.87. The summed E-state index contributed by atoms with van der Waals surface area (Å²) < 4.78 is 1.88. The molecule has 2 rings (SSSR count). The predicted octanol–water partition coefficient (Wildman–Crippen LogP) is 1.72. The van der Waals surface area contributed by atoms with E-state index in [1.807, 2.05) is 16.9 Å². The van der Waals surface area contributed by atoms with Crippen molar-refractivity contribution >= 4 is 18.3 Å². The molecule has 1 aliphatic rings. The van der Waals surface area contributed by atoms with Crippen LogP contribution in [-0.2, 0) is 11.3 Å². The number of amides is 1. The Morgan fingerprint density at radius 2 is 2.15 bits per heavy atom. The molecule has 1 atom stereocenters. The maximum Gasteiger partial charge on any atom is 0.240 e. The summed E-state index contributed by atoms with van der Waals surface area (Å²) in [6.07, 6.45) is 8.65. The third kappa shape index (κ3) is 4.49. The molecule has 1 saturated carbocycles. The molecule has 0 saturated heterocycles. The van der Waals surface area contributed by atoms with Gasteiger partial charge in [0.15, 0.2) is 0 Å². The maximum atomic E-state index is 12.2. The van der Waals surface area contributed by atoms with Gasteiger partial charge in [0.1, 0.15) is 0 Å². The van der Waals surface area contributed by atoms with Crippen LogP contribution in [0.5, 0.6) is 0 Å². The van der Waals surface area contributed by atoms with Gasteiger partial charge in [-0.05, 0) is 24.8 Å². The topological polar surface area (TPSA) is 72.9 Å². The zero-order chi connectivity index (χ0) is 13.7. The van der Waals surface area contributed by atoms with Crippen molar-refractivity contribution in [2.45, 2.75) is 51.1 Å². The third-order valence-electron chi connectivity index (χ3n) is 3.87. The first-order chi connectivity index (χ1) is 9.10. The smallest absolute Gasteiger partial charge is 0.240 e. The molecule has 20 heavy (non-hydrogen) atoms. The molecule has 1 aromatic heterocycles. The van der Waals surface area contributed by atoms with Crippen molar-refractivity contribution in [2.75, 3.05) is 6.54 Å². The van der Waals surface area contributed by atoms with Crippen molar-refractivity contribution in [3.63, 3.8) is 0 Å². The number of halogens is 1. The molecule has 0 aliphatic heterocycles. The monoisotopic (exact) mass is 300 g/mol. The van der Waals surface area contributed by atoms with Gasteiger partial charge in [-0.15, -0.1) is 12.4 Å². The quantitative estimate of drug-likeness (QED) is 0.869. The summed E-state index contributed by atoms with van der Waals surface area (Å²) in [5.74, 6) is 0.357. The maximum absolute atomic E-state index is 12.2. The highest BCUT2D eigenvalue weighted by Gasteiger charge is 2.35. The van der Waals surface area contributed by atoms with Gasteiger partial charge in [0.25, 0.3) is 0 Å². The molecule has 0 spiro atoms. The van der Waals surface area contributed by atoms with Crippen LogP contribution < -0.4 is 11.1 Å². The lowest BCUT2D eigenvalue weighted by atomic mass is 9.82. The molecule has 1 heterocycles. The lowest BCUT2D eigenvalue weighted by Crippen LogP contribution is -2.55. The van der Waals surface area contributed by atoms with Crippen molar-refractivity contribution in [3.05, 3.63) is 18.5 Å². The van der Waals surface area contributed by atoms with Gasteiger partial charge in [-0.1, -0.05) is 26.2 Å². The molecule has 114 valence electrons. The SMILES string of the molecule is CC(CNC(=O)C1(N)CCCCC1)Cn1cccn1.Cl. The van der Waals surface area contributed by atoms with Crippen molar-refractivity contribution in [1.82, 2.24) is 15.1 Å². The van der Waals surface area contributed by atoms with Crippen LogP contribution in [0.3, 0.4) is 0 Å². The summed E-state index contributed by atoms with van der Waals surface area (Å²) in [6, 6.07) is 1.90. The number of nitrogens with zero attached hydrogens (tertiary/aromatic N) is 2. The van der Waals surface area contributed by atoms with E-state index in [1.165, 1.54) is 6.42 Å². The molecule has 1 unspecified atom stereocenters. The van der Waals surface area contributed by atoms with E-state index in [9.17, 15) is 4.79 Å². The molecule has 5 nitrogen and oxygen atoms in total. The first-order valence-corrected chi connectivity index (χ1v) is 7.15. The second-order valence-corrected chi connectivity index (χ2v) is 5.76. The summed E-state index contributed by atoms with van der Waals surface area (Å²) in [5, 5.41) is 7.17. The van der Waals surface area contributed by atoms with Crippen LogP contribution in [0.1, 0.15) is 39.0 Å². The fraction of sp³-hybridized carbons (Fsp3) is 0.714. The van der Waals surface area contributed by atoms with Crippen LogP contribution in [0.2, 0.25) is 0 Å². The number of aromatic nitrogens is 2. The highest BCUT2D eigenvalue weighted by molar-refractivity contribution is 5.86. The zero-order valence-corrected chi connectivity index (χ0v) is 12.9. The molecule has 0 bridgehead atoms. The second-order valence-electron chi connectivity index (χ2n) is 5.76. The van der Waals surface area contributed by atoms with E-state index in [1.54, 1.807) is 6.20 Å². The zero-order valence-electron chi connectivity index (χ0n) is 12.0. The van der Waals surface area contributed by atoms with Crippen molar-refractivity contribution < 1.29 is 4.79 Å². The Morgan fingerprint density at radius 1 is 1.45 bits per heavy atom. The van der Waals surface area contributed by atoms with Gasteiger partial charge in [0, 0.05) is 25.5 Å². The van der Waals surface area contributed by atoms with Gasteiger partial charge in [0.05, 0.1) is 5.54 Å². The van der Waals surface area contributed by atoms with Gasteiger partial charge in [0.2, 0.25) is 5.91 Å². The molecular formula is C14H25ClN4O. The van der Waals surface area contributed by atoms with E-state index in [4.69, 9.17) is 5.73 Å². The molecular weight excluding hydrogens is 276 g/mol. The predicted molar refractivity (Wildman–Crippen MR) is 81.7 cm³/mol. The normalized spacial score (nSPS) is 18.9. The average Bonchev–Trinajstić information content (AvgIpc) is 2.89. The minimum atomic E-state index is -0.635. The minimum absolute atomic E-state index is 0.